The van der Waals surface area contributed by atoms with Crippen molar-refractivity contribution in [3.05, 3.63) is 0 Å². The van der Waals surface area contributed by atoms with Crippen LogP contribution in [0.1, 0.15) is 12.8 Å². The van der Waals surface area contributed by atoms with Crippen LogP contribution in [-0.4, -0.2) is 26.5 Å². The fourth-order valence-corrected chi connectivity index (χ4v) is 7.67. The van der Waals surface area contributed by atoms with Gasteiger partial charge in [-0.15, -0.1) is 18.5 Å². The van der Waals surface area contributed by atoms with Crippen molar-refractivity contribution in [2.45, 2.75) is 18.9 Å². The van der Waals surface area contributed by atoms with Gasteiger partial charge in [-0.2, -0.15) is 0 Å². The van der Waals surface area contributed by atoms with Crippen LogP contribution < -0.4 is 0 Å². The minimum atomic E-state index is -1.20. The molecule has 0 N–H and O–H groups in total. The highest BCUT2D eigenvalue weighted by atomic mass is 31.0. The molecule has 1 aliphatic rings. The summed E-state index contributed by atoms with van der Waals surface area (Å²) in [4.78, 5) is 0. The summed E-state index contributed by atoms with van der Waals surface area (Å²) < 4.78 is 5.86. The van der Waals surface area contributed by atoms with Gasteiger partial charge >= 0.3 is 0 Å². The zero-order valence-electron chi connectivity index (χ0n) is 6.31. The molecule has 0 aromatic rings. The summed E-state index contributed by atoms with van der Waals surface area (Å²) in [5, 5.41) is 0. The van der Waals surface area contributed by atoms with E-state index in [-0.39, 0.29) is 0 Å². The molecule has 1 aliphatic heterocycles. The lowest BCUT2D eigenvalue weighted by Gasteiger charge is -2.32. The van der Waals surface area contributed by atoms with Crippen molar-refractivity contribution in [1.29, 1.82) is 0 Å². The summed E-state index contributed by atoms with van der Waals surface area (Å²) in [6, 6.07) is 1.38. The molecule has 0 amide bonds. The summed E-state index contributed by atoms with van der Waals surface area (Å²) in [5.41, 5.74) is 0. The molecule has 0 bridgehead atoms. The minimum Gasteiger partial charge on any atom is -0.416 e. The van der Waals surface area contributed by atoms with Gasteiger partial charge in [-0.25, -0.2) is 0 Å². The Balaban J connectivity index is 2.44. The fourth-order valence-electron chi connectivity index (χ4n) is 1.32. The fraction of sp³-hybridized carbons (Fsp3) is 1.00. The van der Waals surface area contributed by atoms with Crippen LogP contribution in [0.3, 0.4) is 0 Å². The Morgan fingerprint density at radius 1 is 1.20 bits per heavy atom. The standard InChI is InChI=1S/C6H16OP2Si/c8-5-10(6-9)4-2-1-3-7-10/h1-6,8-9H2. The molecular weight excluding hydrogens is 178 g/mol. The zero-order valence-corrected chi connectivity index (χ0v) is 9.61. The van der Waals surface area contributed by atoms with Crippen LogP contribution in [0.2, 0.25) is 6.04 Å². The second-order valence-corrected chi connectivity index (χ2v) is 9.32. The molecule has 4 heteroatoms. The Morgan fingerprint density at radius 3 is 2.20 bits per heavy atom. The van der Waals surface area contributed by atoms with Gasteiger partial charge in [0.15, 0.2) is 8.32 Å². The monoisotopic (exact) mass is 194 g/mol. The first-order valence-electron chi connectivity index (χ1n) is 3.87. The Bertz CT molecular complexity index is 97.9. The predicted molar refractivity (Wildman–Crippen MR) is 54.9 cm³/mol. The summed E-state index contributed by atoms with van der Waals surface area (Å²) in [7, 11) is 4.48. The Hall–Kier alpha value is 1.04. The molecule has 10 heavy (non-hydrogen) atoms. The first-order chi connectivity index (χ1) is 4.83. The van der Waals surface area contributed by atoms with E-state index in [2.05, 4.69) is 18.5 Å². The number of hydrogen-bond acceptors (Lipinski definition) is 1. The Labute approximate surface area is 68.8 Å². The third kappa shape index (κ3) is 2.01. The zero-order chi connectivity index (χ0) is 7.45. The Kier molecular flexibility index (Phi) is 3.80. The van der Waals surface area contributed by atoms with Crippen molar-refractivity contribution < 1.29 is 4.43 Å². The van der Waals surface area contributed by atoms with E-state index in [0.29, 0.717) is 0 Å². The average molecular weight is 194 g/mol. The van der Waals surface area contributed by atoms with Crippen LogP contribution in [0.4, 0.5) is 0 Å². The molecule has 0 aromatic carbocycles. The summed E-state index contributed by atoms with van der Waals surface area (Å²) >= 11 is 0. The lowest BCUT2D eigenvalue weighted by Crippen LogP contribution is -2.45. The highest BCUT2D eigenvalue weighted by Crippen LogP contribution is 2.25. The number of rotatable bonds is 2. The van der Waals surface area contributed by atoms with E-state index in [1.54, 1.807) is 0 Å². The van der Waals surface area contributed by atoms with E-state index in [4.69, 9.17) is 4.43 Å². The lowest BCUT2D eigenvalue weighted by atomic mass is 10.4. The first kappa shape index (κ1) is 9.13. The maximum absolute atomic E-state index is 5.86. The summed E-state index contributed by atoms with van der Waals surface area (Å²) in [5.74, 6) is 2.44. The lowest BCUT2D eigenvalue weighted by molar-refractivity contribution is 0.274. The van der Waals surface area contributed by atoms with Crippen LogP contribution in [0, 0.1) is 0 Å². The van der Waals surface area contributed by atoms with Crippen molar-refractivity contribution >= 4 is 26.8 Å². The van der Waals surface area contributed by atoms with Crippen LogP contribution in [0.25, 0.3) is 0 Å². The molecule has 60 valence electrons. The topological polar surface area (TPSA) is 9.23 Å². The third-order valence-corrected chi connectivity index (χ3v) is 10.2. The van der Waals surface area contributed by atoms with Crippen molar-refractivity contribution in [3.63, 3.8) is 0 Å². The van der Waals surface area contributed by atoms with Gasteiger partial charge in [0.25, 0.3) is 0 Å². The van der Waals surface area contributed by atoms with Gasteiger partial charge < -0.3 is 4.43 Å². The second-order valence-electron chi connectivity index (χ2n) is 2.90. The quantitative estimate of drug-likeness (QED) is 0.479. The molecular formula is C6H16OP2Si. The average Bonchev–Trinajstić information content (AvgIpc) is 2.06. The molecule has 1 saturated heterocycles. The van der Waals surface area contributed by atoms with E-state index >= 15 is 0 Å². The van der Waals surface area contributed by atoms with Gasteiger partial charge in [-0.3, -0.25) is 0 Å². The molecule has 2 unspecified atom stereocenters. The smallest absolute Gasteiger partial charge is 0.200 e. The van der Waals surface area contributed by atoms with E-state index in [1.807, 2.05) is 0 Å². The molecule has 0 radical (unpaired) electrons. The van der Waals surface area contributed by atoms with Crippen LogP contribution in [-0.2, 0) is 4.43 Å². The molecule has 2 atom stereocenters. The molecule has 0 saturated carbocycles. The molecule has 1 fully saturated rings. The minimum absolute atomic E-state index is 1.02. The Morgan fingerprint density at radius 2 is 1.90 bits per heavy atom. The van der Waals surface area contributed by atoms with E-state index < -0.39 is 8.32 Å². The van der Waals surface area contributed by atoms with Gasteiger partial charge in [-0.1, -0.05) is 6.42 Å². The van der Waals surface area contributed by atoms with Crippen LogP contribution in [0.5, 0.6) is 0 Å². The highest BCUT2D eigenvalue weighted by Gasteiger charge is 2.32. The largest absolute Gasteiger partial charge is 0.416 e. The molecule has 0 aliphatic carbocycles. The van der Waals surface area contributed by atoms with Crippen molar-refractivity contribution in [3.8, 4) is 0 Å². The van der Waals surface area contributed by atoms with Crippen LogP contribution >= 0.6 is 18.5 Å². The van der Waals surface area contributed by atoms with Gasteiger partial charge in [0.2, 0.25) is 0 Å². The first-order valence-corrected chi connectivity index (χ1v) is 8.03. The molecule has 1 nitrogen and oxygen atoms in total. The van der Waals surface area contributed by atoms with E-state index in [9.17, 15) is 0 Å². The van der Waals surface area contributed by atoms with E-state index in [1.165, 1.54) is 30.5 Å². The van der Waals surface area contributed by atoms with Gasteiger partial charge in [0.05, 0.1) is 0 Å². The van der Waals surface area contributed by atoms with Crippen molar-refractivity contribution in [2.24, 2.45) is 0 Å². The molecule has 1 rings (SSSR count). The SMILES string of the molecule is PC[Si]1(CP)CCCCO1. The van der Waals surface area contributed by atoms with E-state index in [0.717, 1.165) is 6.61 Å². The van der Waals surface area contributed by atoms with Crippen molar-refractivity contribution in [2.75, 3.05) is 18.2 Å². The highest BCUT2D eigenvalue weighted by molar-refractivity contribution is 7.29. The van der Waals surface area contributed by atoms with Gasteiger partial charge in [0.1, 0.15) is 0 Å². The van der Waals surface area contributed by atoms with Gasteiger partial charge in [-0.05, 0) is 24.0 Å². The molecule has 1 heterocycles. The predicted octanol–water partition coefficient (Wildman–Crippen LogP) is 1.57. The molecule has 0 aromatic heterocycles. The van der Waals surface area contributed by atoms with Crippen molar-refractivity contribution in [1.82, 2.24) is 0 Å². The molecule has 0 spiro atoms. The summed E-state index contributed by atoms with van der Waals surface area (Å²) in [6.45, 7) is 1.02. The summed E-state index contributed by atoms with van der Waals surface area (Å²) in [6.07, 6.45) is 2.68. The van der Waals surface area contributed by atoms with Gasteiger partial charge in [0, 0.05) is 6.61 Å². The maximum Gasteiger partial charge on any atom is 0.200 e. The maximum atomic E-state index is 5.86. The second kappa shape index (κ2) is 4.16. The van der Waals surface area contributed by atoms with Crippen LogP contribution in [0.15, 0.2) is 0 Å². The normalized spacial score (nSPS) is 24.6. The third-order valence-electron chi connectivity index (χ3n) is 2.18. The number of hydrogen-bond donors (Lipinski definition) is 0.